The van der Waals surface area contributed by atoms with Crippen LogP contribution >= 0.6 is 27.5 Å². The number of rotatable bonds is 2. The molecule has 0 aliphatic heterocycles. The van der Waals surface area contributed by atoms with Gasteiger partial charge in [-0.05, 0) is 22.0 Å². The van der Waals surface area contributed by atoms with E-state index in [1.807, 2.05) is 0 Å². The van der Waals surface area contributed by atoms with Gasteiger partial charge in [-0.1, -0.05) is 11.6 Å². The standard InChI is InChI=1S/C7H4BrClF2N2O/c8-5-4(6(10)11)2(7(12)14)1-3(9)13-5/h1,6H,(H2,12,14). The monoisotopic (exact) mass is 284 g/mol. The third kappa shape index (κ3) is 2.19. The van der Waals surface area contributed by atoms with E-state index in [2.05, 4.69) is 20.9 Å². The van der Waals surface area contributed by atoms with Gasteiger partial charge < -0.3 is 5.73 Å². The molecule has 1 aromatic heterocycles. The van der Waals surface area contributed by atoms with Crippen molar-refractivity contribution in [1.82, 2.24) is 4.98 Å². The van der Waals surface area contributed by atoms with Gasteiger partial charge in [0.25, 0.3) is 6.43 Å². The van der Waals surface area contributed by atoms with Crippen LogP contribution in [0.5, 0.6) is 0 Å². The normalized spacial score (nSPS) is 10.6. The molecular formula is C7H4BrClF2N2O. The fourth-order valence-corrected chi connectivity index (χ4v) is 1.78. The number of aromatic nitrogens is 1. The van der Waals surface area contributed by atoms with Crippen LogP contribution in [0, 0.1) is 0 Å². The van der Waals surface area contributed by atoms with Gasteiger partial charge >= 0.3 is 0 Å². The summed E-state index contributed by atoms with van der Waals surface area (Å²) in [5.41, 5.74) is 4.04. The molecule has 7 heteroatoms. The summed E-state index contributed by atoms with van der Waals surface area (Å²) in [4.78, 5) is 14.3. The molecule has 1 aromatic rings. The van der Waals surface area contributed by atoms with E-state index in [1.54, 1.807) is 0 Å². The number of hydrogen-bond donors (Lipinski definition) is 1. The Labute approximate surface area is 91.4 Å². The lowest BCUT2D eigenvalue weighted by molar-refractivity contribution is 0.0985. The zero-order chi connectivity index (χ0) is 10.9. The van der Waals surface area contributed by atoms with Crippen LogP contribution in [0.1, 0.15) is 22.3 Å². The van der Waals surface area contributed by atoms with Gasteiger partial charge in [0.15, 0.2) is 0 Å². The fraction of sp³-hybridized carbons (Fsp3) is 0.143. The molecule has 2 N–H and O–H groups in total. The molecule has 76 valence electrons. The number of carbonyl (C=O) groups excluding carboxylic acids is 1. The molecule has 0 aliphatic rings. The second-order valence-electron chi connectivity index (χ2n) is 2.36. The first kappa shape index (κ1) is 11.3. The van der Waals surface area contributed by atoms with E-state index in [4.69, 9.17) is 17.3 Å². The summed E-state index contributed by atoms with van der Waals surface area (Å²) in [6.45, 7) is 0. The van der Waals surface area contributed by atoms with Crippen LogP contribution in [0.25, 0.3) is 0 Å². The summed E-state index contributed by atoms with van der Waals surface area (Å²) in [7, 11) is 0. The highest BCUT2D eigenvalue weighted by molar-refractivity contribution is 9.10. The van der Waals surface area contributed by atoms with Gasteiger partial charge in [-0.3, -0.25) is 4.79 Å². The maximum atomic E-state index is 12.5. The molecule has 0 fully saturated rings. The van der Waals surface area contributed by atoms with Crippen molar-refractivity contribution in [3.05, 3.63) is 26.9 Å². The van der Waals surface area contributed by atoms with E-state index in [9.17, 15) is 13.6 Å². The highest BCUT2D eigenvalue weighted by Gasteiger charge is 2.21. The number of carbonyl (C=O) groups is 1. The highest BCUT2D eigenvalue weighted by Crippen LogP contribution is 2.30. The lowest BCUT2D eigenvalue weighted by Crippen LogP contribution is -2.15. The van der Waals surface area contributed by atoms with Gasteiger partial charge in [0.1, 0.15) is 9.76 Å². The van der Waals surface area contributed by atoms with Crippen LogP contribution in [0.15, 0.2) is 10.7 Å². The van der Waals surface area contributed by atoms with Gasteiger partial charge in [-0.15, -0.1) is 0 Å². The molecule has 0 bridgehead atoms. The van der Waals surface area contributed by atoms with Gasteiger partial charge in [-0.2, -0.15) is 0 Å². The second kappa shape index (κ2) is 4.18. The number of pyridine rings is 1. The van der Waals surface area contributed by atoms with Crippen LogP contribution in [-0.2, 0) is 0 Å². The van der Waals surface area contributed by atoms with Crippen molar-refractivity contribution in [2.24, 2.45) is 5.73 Å². The van der Waals surface area contributed by atoms with Crippen molar-refractivity contribution in [2.45, 2.75) is 6.43 Å². The number of hydrogen-bond acceptors (Lipinski definition) is 2. The maximum Gasteiger partial charge on any atom is 0.267 e. The molecule has 3 nitrogen and oxygen atoms in total. The van der Waals surface area contributed by atoms with Gasteiger partial charge in [0.2, 0.25) is 5.91 Å². The van der Waals surface area contributed by atoms with E-state index < -0.39 is 17.9 Å². The largest absolute Gasteiger partial charge is 0.366 e. The van der Waals surface area contributed by atoms with E-state index in [0.29, 0.717) is 0 Å². The Hall–Kier alpha value is -0.750. The molecule has 14 heavy (non-hydrogen) atoms. The molecule has 0 unspecified atom stereocenters. The predicted octanol–water partition coefficient (Wildman–Crippen LogP) is 2.53. The summed E-state index contributed by atoms with van der Waals surface area (Å²) in [5.74, 6) is -0.967. The van der Waals surface area contributed by atoms with Crippen LogP contribution in [0.2, 0.25) is 5.15 Å². The third-order valence-electron chi connectivity index (χ3n) is 1.46. The molecule has 0 aromatic carbocycles. The molecule has 0 spiro atoms. The molecule has 0 atom stereocenters. The Morgan fingerprint density at radius 2 is 2.21 bits per heavy atom. The van der Waals surface area contributed by atoms with Gasteiger partial charge in [0, 0.05) is 0 Å². The fourth-order valence-electron chi connectivity index (χ4n) is 0.906. The van der Waals surface area contributed by atoms with Crippen molar-refractivity contribution >= 4 is 33.4 Å². The van der Waals surface area contributed by atoms with E-state index in [0.717, 1.165) is 6.07 Å². The minimum Gasteiger partial charge on any atom is -0.366 e. The smallest absolute Gasteiger partial charge is 0.267 e. The molecule has 0 saturated carbocycles. The van der Waals surface area contributed by atoms with Gasteiger partial charge in [-0.25, -0.2) is 13.8 Å². The lowest BCUT2D eigenvalue weighted by Gasteiger charge is -2.07. The summed E-state index contributed by atoms with van der Waals surface area (Å²) in [6, 6.07) is 1.01. The minimum atomic E-state index is -2.84. The zero-order valence-electron chi connectivity index (χ0n) is 6.60. The number of nitrogens with two attached hydrogens (primary N) is 1. The first-order valence-electron chi connectivity index (χ1n) is 3.37. The van der Waals surface area contributed by atoms with Crippen molar-refractivity contribution < 1.29 is 13.6 Å². The van der Waals surface area contributed by atoms with Crippen LogP contribution in [0.4, 0.5) is 8.78 Å². The Morgan fingerprint density at radius 3 is 2.64 bits per heavy atom. The van der Waals surface area contributed by atoms with Crippen molar-refractivity contribution in [1.29, 1.82) is 0 Å². The molecule has 1 heterocycles. The molecule has 0 radical (unpaired) electrons. The molecule has 1 amide bonds. The van der Waals surface area contributed by atoms with E-state index in [-0.39, 0.29) is 15.3 Å². The summed E-state index contributed by atoms with van der Waals surface area (Å²) >= 11 is 8.26. The quantitative estimate of drug-likeness (QED) is 0.849. The second-order valence-corrected chi connectivity index (χ2v) is 3.50. The molecule has 0 saturated heterocycles. The molecular weight excluding hydrogens is 281 g/mol. The summed E-state index contributed by atoms with van der Waals surface area (Å²) < 4.78 is 24.7. The number of nitrogens with zero attached hydrogens (tertiary/aromatic N) is 1. The van der Waals surface area contributed by atoms with Crippen molar-refractivity contribution in [3.63, 3.8) is 0 Å². The van der Waals surface area contributed by atoms with Crippen LogP contribution in [0.3, 0.4) is 0 Å². The lowest BCUT2D eigenvalue weighted by atomic mass is 10.1. The Morgan fingerprint density at radius 1 is 1.64 bits per heavy atom. The molecule has 1 rings (SSSR count). The Bertz CT molecular complexity index is 386. The zero-order valence-corrected chi connectivity index (χ0v) is 8.94. The van der Waals surface area contributed by atoms with Crippen molar-refractivity contribution in [3.8, 4) is 0 Å². The average Bonchev–Trinajstić information content (AvgIpc) is 2.01. The van der Waals surface area contributed by atoms with E-state index >= 15 is 0 Å². The topological polar surface area (TPSA) is 56.0 Å². The maximum absolute atomic E-state index is 12.5. The summed E-state index contributed by atoms with van der Waals surface area (Å²) in [6.07, 6.45) is -2.84. The number of alkyl halides is 2. The average molecular weight is 285 g/mol. The third-order valence-corrected chi connectivity index (χ3v) is 2.26. The highest BCUT2D eigenvalue weighted by atomic mass is 79.9. The number of primary amides is 1. The predicted molar refractivity (Wildman–Crippen MR) is 50.4 cm³/mol. The van der Waals surface area contributed by atoms with Gasteiger partial charge in [0.05, 0.1) is 11.1 Å². The Balaban J connectivity index is 3.44. The number of halogens is 4. The SMILES string of the molecule is NC(=O)c1cc(Cl)nc(Br)c1C(F)F. The van der Waals surface area contributed by atoms with Crippen LogP contribution in [-0.4, -0.2) is 10.9 Å². The minimum absolute atomic E-state index is 0.0740. The Kier molecular flexibility index (Phi) is 3.38. The molecule has 0 aliphatic carbocycles. The first-order valence-corrected chi connectivity index (χ1v) is 4.54. The first-order chi connectivity index (χ1) is 6.43. The van der Waals surface area contributed by atoms with Crippen LogP contribution < -0.4 is 5.73 Å². The number of amides is 1. The van der Waals surface area contributed by atoms with Crippen molar-refractivity contribution in [2.75, 3.05) is 0 Å². The van der Waals surface area contributed by atoms with E-state index in [1.165, 1.54) is 0 Å². The summed E-state index contributed by atoms with van der Waals surface area (Å²) in [5, 5.41) is -0.0740.